The van der Waals surface area contributed by atoms with Crippen LogP contribution in [0.4, 0.5) is 5.69 Å². The van der Waals surface area contributed by atoms with Gasteiger partial charge in [-0.15, -0.1) is 0 Å². The smallest absolute Gasteiger partial charge is 0.231 e. The summed E-state index contributed by atoms with van der Waals surface area (Å²) in [5.74, 6) is -0.210. The fraction of sp³-hybridized carbons (Fsp3) is 0.125. The summed E-state index contributed by atoms with van der Waals surface area (Å²) in [7, 11) is 0. The zero-order valence-corrected chi connectivity index (χ0v) is 7.67. The molecule has 0 fully saturated rings. The highest BCUT2D eigenvalue weighted by atomic mass is 32.1. The minimum absolute atomic E-state index is 0.0671. The van der Waals surface area contributed by atoms with E-state index in [1.165, 1.54) is 0 Å². The van der Waals surface area contributed by atoms with Crippen molar-refractivity contribution in [3.63, 3.8) is 0 Å². The number of aromatic nitrogens is 1. The van der Waals surface area contributed by atoms with Crippen LogP contribution in [-0.4, -0.2) is 15.9 Å². The average molecular weight is 195 g/mol. The molecule has 0 aromatic carbocycles. The first kappa shape index (κ1) is 9.60. The summed E-state index contributed by atoms with van der Waals surface area (Å²) in [6.45, 7) is 0. The number of nitrogens with zero attached hydrogens (tertiary/aromatic N) is 1. The molecule has 0 aliphatic heterocycles. The molecule has 1 aromatic rings. The van der Waals surface area contributed by atoms with E-state index in [0.29, 0.717) is 5.69 Å². The summed E-state index contributed by atoms with van der Waals surface area (Å²) >= 11 is 4.59. The van der Waals surface area contributed by atoms with Gasteiger partial charge in [-0.3, -0.25) is 9.78 Å². The van der Waals surface area contributed by atoms with Crippen LogP contribution in [0, 0.1) is 0 Å². The molecule has 68 valence electrons. The van der Waals surface area contributed by atoms with E-state index < -0.39 is 0 Å². The van der Waals surface area contributed by atoms with Gasteiger partial charge in [0, 0.05) is 18.1 Å². The molecule has 0 saturated carbocycles. The van der Waals surface area contributed by atoms with Crippen molar-refractivity contribution in [3.8, 4) is 0 Å². The molecule has 0 radical (unpaired) electrons. The van der Waals surface area contributed by atoms with Gasteiger partial charge in [0.25, 0.3) is 0 Å². The number of pyridine rings is 1. The van der Waals surface area contributed by atoms with Gasteiger partial charge < -0.3 is 11.1 Å². The maximum atomic E-state index is 11.1. The zero-order valence-electron chi connectivity index (χ0n) is 6.86. The Kier molecular flexibility index (Phi) is 3.33. The topological polar surface area (TPSA) is 68.0 Å². The fourth-order valence-corrected chi connectivity index (χ4v) is 0.930. The van der Waals surface area contributed by atoms with E-state index in [1.54, 1.807) is 24.5 Å². The van der Waals surface area contributed by atoms with Crippen molar-refractivity contribution in [2.24, 2.45) is 5.73 Å². The summed E-state index contributed by atoms with van der Waals surface area (Å²) in [5, 5.41) is 2.63. The maximum Gasteiger partial charge on any atom is 0.231 e. The van der Waals surface area contributed by atoms with Crippen molar-refractivity contribution >= 4 is 28.8 Å². The molecule has 0 atom stereocenters. The number of carbonyl (C=O) groups is 1. The molecule has 1 heterocycles. The first-order valence-corrected chi connectivity index (χ1v) is 4.07. The lowest BCUT2D eigenvalue weighted by atomic mass is 10.3. The number of hydrogen-bond acceptors (Lipinski definition) is 3. The highest BCUT2D eigenvalue weighted by Crippen LogP contribution is 2.03. The van der Waals surface area contributed by atoms with E-state index in [9.17, 15) is 4.79 Å². The lowest BCUT2D eigenvalue weighted by molar-refractivity contribution is -0.115. The van der Waals surface area contributed by atoms with E-state index in [2.05, 4.69) is 22.5 Å². The van der Waals surface area contributed by atoms with Crippen molar-refractivity contribution in [1.82, 2.24) is 4.98 Å². The van der Waals surface area contributed by atoms with Gasteiger partial charge in [0.05, 0.1) is 11.4 Å². The number of rotatable bonds is 3. The van der Waals surface area contributed by atoms with Crippen molar-refractivity contribution in [1.29, 1.82) is 0 Å². The number of hydrogen-bond donors (Lipinski definition) is 2. The Morgan fingerprint density at radius 2 is 2.15 bits per heavy atom. The SMILES string of the molecule is NC(=S)CC(=O)Nc1ccncc1. The highest BCUT2D eigenvalue weighted by Gasteiger charge is 2.02. The molecule has 0 bridgehead atoms. The molecule has 0 spiro atoms. The summed E-state index contributed by atoms with van der Waals surface area (Å²) in [4.78, 5) is 15.1. The second kappa shape index (κ2) is 4.51. The van der Waals surface area contributed by atoms with Crippen LogP contribution in [0.3, 0.4) is 0 Å². The molecule has 5 heteroatoms. The van der Waals surface area contributed by atoms with Gasteiger partial charge in [-0.05, 0) is 12.1 Å². The second-order valence-electron chi connectivity index (χ2n) is 2.43. The molecule has 3 N–H and O–H groups in total. The third-order valence-electron chi connectivity index (χ3n) is 1.30. The lowest BCUT2D eigenvalue weighted by Gasteiger charge is -2.02. The second-order valence-corrected chi connectivity index (χ2v) is 2.95. The van der Waals surface area contributed by atoms with Crippen LogP contribution in [0.15, 0.2) is 24.5 Å². The Morgan fingerprint density at radius 3 is 2.69 bits per heavy atom. The number of anilines is 1. The van der Waals surface area contributed by atoms with Crippen molar-refractivity contribution in [2.75, 3.05) is 5.32 Å². The molecule has 0 aliphatic carbocycles. The van der Waals surface area contributed by atoms with E-state index in [4.69, 9.17) is 5.73 Å². The Balaban J connectivity index is 2.50. The quantitative estimate of drug-likeness (QED) is 0.696. The standard InChI is InChI=1S/C8H9N3OS/c9-7(13)5-8(12)11-6-1-3-10-4-2-6/h1-4H,5H2,(H2,9,13)(H,10,11,12). The lowest BCUT2D eigenvalue weighted by Crippen LogP contribution is -2.20. The van der Waals surface area contributed by atoms with Crippen LogP contribution < -0.4 is 11.1 Å². The minimum Gasteiger partial charge on any atom is -0.393 e. The van der Waals surface area contributed by atoms with Gasteiger partial charge in [-0.2, -0.15) is 0 Å². The summed E-state index contributed by atoms with van der Waals surface area (Å²) in [6.07, 6.45) is 3.25. The van der Waals surface area contributed by atoms with Crippen molar-refractivity contribution in [2.45, 2.75) is 6.42 Å². The predicted molar refractivity (Wildman–Crippen MR) is 54.3 cm³/mol. The van der Waals surface area contributed by atoms with Crippen LogP contribution in [0.25, 0.3) is 0 Å². The molecule has 0 saturated heterocycles. The van der Waals surface area contributed by atoms with Crippen LogP contribution in [0.5, 0.6) is 0 Å². The molecule has 0 unspecified atom stereocenters. The normalized spacial score (nSPS) is 9.23. The first-order chi connectivity index (χ1) is 6.18. The Hall–Kier alpha value is -1.49. The molecule has 1 aromatic heterocycles. The van der Waals surface area contributed by atoms with E-state index in [-0.39, 0.29) is 17.3 Å². The van der Waals surface area contributed by atoms with Crippen molar-refractivity contribution in [3.05, 3.63) is 24.5 Å². The molecule has 13 heavy (non-hydrogen) atoms. The van der Waals surface area contributed by atoms with Gasteiger partial charge in [-0.1, -0.05) is 12.2 Å². The first-order valence-electron chi connectivity index (χ1n) is 3.66. The van der Waals surface area contributed by atoms with Gasteiger partial charge in [-0.25, -0.2) is 0 Å². The predicted octanol–water partition coefficient (Wildman–Crippen LogP) is 0.696. The monoisotopic (exact) mass is 195 g/mol. The molecule has 0 aliphatic rings. The Morgan fingerprint density at radius 1 is 1.54 bits per heavy atom. The maximum absolute atomic E-state index is 11.1. The molecular weight excluding hydrogens is 186 g/mol. The van der Waals surface area contributed by atoms with Crippen LogP contribution in [0.2, 0.25) is 0 Å². The number of nitrogens with two attached hydrogens (primary N) is 1. The van der Waals surface area contributed by atoms with Crippen LogP contribution >= 0.6 is 12.2 Å². The molecular formula is C8H9N3OS. The average Bonchev–Trinajstić information content (AvgIpc) is 2.04. The van der Waals surface area contributed by atoms with Crippen LogP contribution in [0.1, 0.15) is 6.42 Å². The van der Waals surface area contributed by atoms with E-state index in [0.717, 1.165) is 0 Å². The zero-order chi connectivity index (χ0) is 9.68. The number of thiocarbonyl (C=S) groups is 1. The fourth-order valence-electron chi connectivity index (χ4n) is 0.799. The molecule has 4 nitrogen and oxygen atoms in total. The number of nitrogens with one attached hydrogen (secondary N) is 1. The van der Waals surface area contributed by atoms with Gasteiger partial charge in [0.15, 0.2) is 0 Å². The number of carbonyl (C=O) groups excluding carboxylic acids is 1. The van der Waals surface area contributed by atoms with Gasteiger partial charge in [0.2, 0.25) is 5.91 Å². The Labute approximate surface area is 81.2 Å². The third-order valence-corrected chi connectivity index (χ3v) is 1.44. The summed E-state index contributed by atoms with van der Waals surface area (Å²) < 4.78 is 0. The Bertz CT molecular complexity index is 312. The summed E-state index contributed by atoms with van der Waals surface area (Å²) in [6, 6.07) is 3.38. The van der Waals surface area contributed by atoms with E-state index >= 15 is 0 Å². The van der Waals surface area contributed by atoms with Gasteiger partial charge in [0.1, 0.15) is 0 Å². The summed E-state index contributed by atoms with van der Waals surface area (Å²) in [5.41, 5.74) is 5.90. The van der Waals surface area contributed by atoms with Gasteiger partial charge >= 0.3 is 0 Å². The number of amides is 1. The van der Waals surface area contributed by atoms with Crippen LogP contribution in [-0.2, 0) is 4.79 Å². The van der Waals surface area contributed by atoms with E-state index in [1.807, 2.05) is 0 Å². The largest absolute Gasteiger partial charge is 0.393 e. The molecule has 1 amide bonds. The minimum atomic E-state index is -0.210. The molecule has 1 rings (SSSR count). The van der Waals surface area contributed by atoms with Crippen molar-refractivity contribution < 1.29 is 4.79 Å². The third kappa shape index (κ3) is 3.62. The highest BCUT2D eigenvalue weighted by molar-refractivity contribution is 7.80.